The lowest BCUT2D eigenvalue weighted by Crippen LogP contribution is -2.49. The Kier molecular flexibility index (Phi) is 8.44. The number of piperazine rings is 1. The van der Waals surface area contributed by atoms with Crippen molar-refractivity contribution in [1.82, 2.24) is 10.2 Å². The van der Waals surface area contributed by atoms with Gasteiger partial charge in [0.1, 0.15) is 0 Å². The van der Waals surface area contributed by atoms with E-state index >= 15 is 0 Å². The first-order chi connectivity index (χ1) is 13.5. The fraction of sp³-hybridized carbons (Fsp3) is 0.286. The highest BCUT2D eigenvalue weighted by Gasteiger charge is 2.21. The van der Waals surface area contributed by atoms with Crippen LogP contribution in [0.4, 0.5) is 5.69 Å². The Labute approximate surface area is 187 Å². The van der Waals surface area contributed by atoms with E-state index in [0.29, 0.717) is 31.2 Å². The number of anilines is 1. The molecule has 154 valence electrons. The van der Waals surface area contributed by atoms with Gasteiger partial charge >= 0.3 is 0 Å². The van der Waals surface area contributed by atoms with Gasteiger partial charge < -0.3 is 21.3 Å². The van der Waals surface area contributed by atoms with Crippen molar-refractivity contribution in [2.45, 2.75) is 19.9 Å². The van der Waals surface area contributed by atoms with Gasteiger partial charge in [-0.3, -0.25) is 9.59 Å². The number of halogens is 1. The van der Waals surface area contributed by atoms with Gasteiger partial charge in [-0.05, 0) is 41.8 Å². The van der Waals surface area contributed by atoms with Gasteiger partial charge in [-0.1, -0.05) is 31.2 Å². The summed E-state index contributed by atoms with van der Waals surface area (Å²) >= 11 is 0. The van der Waals surface area contributed by atoms with Crippen molar-refractivity contribution < 1.29 is 9.59 Å². The lowest BCUT2D eigenvalue weighted by Gasteiger charge is -2.26. The molecule has 1 aliphatic heterocycles. The van der Waals surface area contributed by atoms with Gasteiger partial charge in [-0.2, -0.15) is 0 Å². The molecule has 0 spiro atoms. The molecule has 2 aromatic rings. The monoisotopic (exact) mass is 507 g/mol. The second-order valence-corrected chi connectivity index (χ2v) is 6.65. The number of aryl methyl sites for hydroxylation is 1. The predicted molar refractivity (Wildman–Crippen MR) is 126 cm³/mol. The lowest BCUT2D eigenvalue weighted by atomic mass is 10.1. The first-order valence-corrected chi connectivity index (χ1v) is 9.36. The quantitative estimate of drug-likeness (QED) is 0.329. The van der Waals surface area contributed by atoms with Crippen molar-refractivity contribution in [1.29, 1.82) is 0 Å². The molecular formula is C21H26IN5O2. The fourth-order valence-electron chi connectivity index (χ4n) is 2.98. The molecular weight excluding hydrogens is 481 g/mol. The minimum absolute atomic E-state index is 0. The summed E-state index contributed by atoms with van der Waals surface area (Å²) < 4.78 is 0. The van der Waals surface area contributed by atoms with Crippen molar-refractivity contribution in [3.05, 3.63) is 65.2 Å². The van der Waals surface area contributed by atoms with Crippen LogP contribution in [-0.2, 0) is 17.8 Å². The third-order valence-corrected chi connectivity index (χ3v) is 4.57. The standard InChI is InChI=1S/C21H25N5O2.HI/c1-2-15-4-3-5-18(12-15)25-21(22)24-13-16-6-8-17(9-7-16)20(28)26-11-10-23-19(27)14-26;/h3-9,12H,2,10-11,13-14H2,1H3,(H,23,27)(H3,22,24,25);1H. The highest BCUT2D eigenvalue weighted by molar-refractivity contribution is 14.0. The maximum atomic E-state index is 12.5. The molecule has 1 fully saturated rings. The summed E-state index contributed by atoms with van der Waals surface area (Å²) in [7, 11) is 0. The molecule has 0 saturated carbocycles. The minimum Gasteiger partial charge on any atom is -0.370 e. The van der Waals surface area contributed by atoms with Gasteiger partial charge in [0.25, 0.3) is 5.91 Å². The molecule has 8 heteroatoms. The van der Waals surface area contributed by atoms with Crippen molar-refractivity contribution in [3.63, 3.8) is 0 Å². The highest BCUT2D eigenvalue weighted by Crippen LogP contribution is 2.12. The molecule has 0 aromatic heterocycles. The summed E-state index contributed by atoms with van der Waals surface area (Å²) in [5, 5.41) is 5.81. The summed E-state index contributed by atoms with van der Waals surface area (Å²) in [5.41, 5.74) is 9.61. The maximum Gasteiger partial charge on any atom is 0.254 e. The second-order valence-electron chi connectivity index (χ2n) is 6.65. The van der Waals surface area contributed by atoms with Crippen LogP contribution in [0.3, 0.4) is 0 Å². The number of rotatable bonds is 5. The number of guanidine groups is 1. The minimum atomic E-state index is -0.137. The number of aliphatic imine (C=N–C) groups is 1. The molecule has 0 radical (unpaired) electrons. The van der Waals surface area contributed by atoms with E-state index in [2.05, 4.69) is 28.6 Å². The first-order valence-electron chi connectivity index (χ1n) is 9.36. The van der Waals surface area contributed by atoms with Crippen molar-refractivity contribution in [2.75, 3.05) is 25.0 Å². The largest absolute Gasteiger partial charge is 0.370 e. The highest BCUT2D eigenvalue weighted by atomic mass is 127. The molecule has 29 heavy (non-hydrogen) atoms. The number of carbonyl (C=O) groups excluding carboxylic acids is 2. The number of benzene rings is 2. The number of hydrogen-bond acceptors (Lipinski definition) is 3. The zero-order valence-electron chi connectivity index (χ0n) is 16.4. The molecule has 0 bridgehead atoms. The molecule has 2 aromatic carbocycles. The topological polar surface area (TPSA) is 99.8 Å². The van der Waals surface area contributed by atoms with Crippen molar-refractivity contribution in [2.24, 2.45) is 10.7 Å². The Balaban J connectivity index is 0.00000300. The summed E-state index contributed by atoms with van der Waals surface area (Å²) in [6.07, 6.45) is 0.958. The van der Waals surface area contributed by atoms with Crippen LogP contribution in [0.1, 0.15) is 28.4 Å². The number of amides is 2. The van der Waals surface area contributed by atoms with Gasteiger partial charge in [-0.15, -0.1) is 24.0 Å². The van der Waals surface area contributed by atoms with Gasteiger partial charge in [0.2, 0.25) is 5.91 Å². The average molecular weight is 507 g/mol. The van der Waals surface area contributed by atoms with Crippen LogP contribution in [0.5, 0.6) is 0 Å². The van der Waals surface area contributed by atoms with Crippen molar-refractivity contribution >= 4 is 47.4 Å². The Morgan fingerprint density at radius 1 is 1.21 bits per heavy atom. The molecule has 4 N–H and O–H groups in total. The van der Waals surface area contributed by atoms with Crippen LogP contribution in [0.2, 0.25) is 0 Å². The predicted octanol–water partition coefficient (Wildman–Crippen LogP) is 2.37. The molecule has 1 aliphatic rings. The Hall–Kier alpha value is -2.62. The van der Waals surface area contributed by atoms with E-state index in [1.54, 1.807) is 17.0 Å². The maximum absolute atomic E-state index is 12.5. The summed E-state index contributed by atoms with van der Waals surface area (Å²) in [5.74, 6) is 0.0765. The SMILES string of the molecule is CCc1cccc(NC(N)=NCc2ccc(C(=O)N3CCNC(=O)C3)cc2)c1.I. The molecule has 3 rings (SSSR count). The zero-order valence-corrected chi connectivity index (χ0v) is 18.7. The molecule has 7 nitrogen and oxygen atoms in total. The third-order valence-electron chi connectivity index (χ3n) is 4.57. The van der Waals surface area contributed by atoms with E-state index in [-0.39, 0.29) is 42.3 Å². The normalized spacial score (nSPS) is 14.0. The van der Waals surface area contributed by atoms with Gasteiger partial charge in [-0.25, -0.2) is 4.99 Å². The number of hydrogen-bond donors (Lipinski definition) is 3. The molecule has 1 saturated heterocycles. The lowest BCUT2D eigenvalue weighted by molar-refractivity contribution is -0.123. The van der Waals surface area contributed by atoms with E-state index in [1.807, 2.05) is 30.3 Å². The molecule has 2 amide bonds. The fourth-order valence-corrected chi connectivity index (χ4v) is 2.98. The molecule has 0 atom stereocenters. The average Bonchev–Trinajstić information content (AvgIpc) is 2.72. The van der Waals surface area contributed by atoms with Crippen LogP contribution in [0.15, 0.2) is 53.5 Å². The first kappa shape index (κ1) is 22.7. The van der Waals surface area contributed by atoms with E-state index in [4.69, 9.17) is 5.73 Å². The van der Waals surface area contributed by atoms with E-state index in [0.717, 1.165) is 17.7 Å². The van der Waals surface area contributed by atoms with E-state index < -0.39 is 0 Å². The molecule has 1 heterocycles. The van der Waals surface area contributed by atoms with Crippen LogP contribution in [0.25, 0.3) is 0 Å². The third kappa shape index (κ3) is 6.45. The smallest absolute Gasteiger partial charge is 0.254 e. The Bertz CT molecular complexity index is 883. The Morgan fingerprint density at radius 3 is 2.66 bits per heavy atom. The van der Waals surface area contributed by atoms with E-state index in [9.17, 15) is 9.59 Å². The van der Waals surface area contributed by atoms with Crippen LogP contribution < -0.4 is 16.4 Å². The van der Waals surface area contributed by atoms with Crippen molar-refractivity contribution in [3.8, 4) is 0 Å². The molecule has 0 aliphatic carbocycles. The number of carbonyl (C=O) groups is 2. The van der Waals surface area contributed by atoms with Gasteiger partial charge in [0, 0.05) is 24.3 Å². The Morgan fingerprint density at radius 2 is 1.97 bits per heavy atom. The van der Waals surface area contributed by atoms with Crippen LogP contribution >= 0.6 is 24.0 Å². The molecule has 0 unspecified atom stereocenters. The summed E-state index contributed by atoms with van der Waals surface area (Å²) in [4.78, 5) is 29.8. The van der Waals surface area contributed by atoms with Crippen LogP contribution in [-0.4, -0.2) is 42.3 Å². The summed E-state index contributed by atoms with van der Waals surface area (Å²) in [6.45, 7) is 3.63. The second kappa shape index (κ2) is 10.8. The van der Waals surface area contributed by atoms with Gasteiger partial charge in [0.15, 0.2) is 5.96 Å². The number of nitrogens with zero attached hydrogens (tertiary/aromatic N) is 2. The van der Waals surface area contributed by atoms with Crippen LogP contribution in [0, 0.1) is 0 Å². The summed E-state index contributed by atoms with van der Waals surface area (Å²) in [6, 6.07) is 15.3. The van der Waals surface area contributed by atoms with E-state index in [1.165, 1.54) is 5.56 Å². The number of nitrogens with one attached hydrogen (secondary N) is 2. The number of nitrogens with two attached hydrogens (primary N) is 1. The zero-order chi connectivity index (χ0) is 19.9. The van der Waals surface area contributed by atoms with Gasteiger partial charge in [0.05, 0.1) is 13.1 Å².